The lowest BCUT2D eigenvalue weighted by Crippen LogP contribution is -2.52. The first-order valence-electron chi connectivity index (χ1n) is 7.55. The van der Waals surface area contributed by atoms with Crippen molar-refractivity contribution in [2.45, 2.75) is 44.2 Å². The maximum absolute atomic E-state index is 10.7. The van der Waals surface area contributed by atoms with E-state index in [0.717, 1.165) is 38.9 Å². The largest absolute Gasteiger partial charge is 0.398 e. The summed E-state index contributed by atoms with van der Waals surface area (Å²) in [5.74, 6) is 0.439. The summed E-state index contributed by atoms with van der Waals surface area (Å²) >= 11 is 5.96. The zero-order valence-corrected chi connectivity index (χ0v) is 12.6. The quantitative estimate of drug-likeness (QED) is 0.824. The minimum Gasteiger partial charge on any atom is -0.398 e. The van der Waals surface area contributed by atoms with Gasteiger partial charge in [-0.15, -0.1) is 0 Å². The number of hydrogen-bond acceptors (Lipinski definition) is 3. The summed E-state index contributed by atoms with van der Waals surface area (Å²) < 4.78 is 0. The number of likely N-dealkylation sites (tertiary alicyclic amines) is 1. The predicted molar refractivity (Wildman–Crippen MR) is 82.7 cm³/mol. The van der Waals surface area contributed by atoms with Gasteiger partial charge in [0.2, 0.25) is 0 Å². The van der Waals surface area contributed by atoms with Gasteiger partial charge in [-0.25, -0.2) is 0 Å². The fraction of sp³-hybridized carbons (Fsp3) is 0.625. The molecule has 0 bridgehead atoms. The molecule has 1 heterocycles. The standard InChI is InChI=1S/C16H23ClN2O/c17-14-5-4-12(9-15(14)18)10-19-8-7-16(20)6-2-1-3-13(16)11-19/h4-5,9,13,20H,1-3,6-8,10-11,18H2. The lowest BCUT2D eigenvalue weighted by molar-refractivity contribution is -0.0967. The van der Waals surface area contributed by atoms with Crippen molar-refractivity contribution >= 4 is 17.3 Å². The van der Waals surface area contributed by atoms with Crippen molar-refractivity contribution in [2.24, 2.45) is 5.92 Å². The molecule has 3 N–H and O–H groups in total. The molecule has 2 fully saturated rings. The molecule has 0 radical (unpaired) electrons. The molecular formula is C16H23ClN2O. The number of hydrogen-bond donors (Lipinski definition) is 2. The molecule has 2 aliphatic rings. The number of benzene rings is 1. The van der Waals surface area contributed by atoms with E-state index in [1.165, 1.54) is 18.4 Å². The average molecular weight is 295 g/mol. The molecule has 4 heteroatoms. The summed E-state index contributed by atoms with van der Waals surface area (Å²) in [6.45, 7) is 2.86. The molecule has 1 saturated carbocycles. The van der Waals surface area contributed by atoms with Crippen LogP contribution in [0.25, 0.3) is 0 Å². The lowest BCUT2D eigenvalue weighted by atomic mass is 9.71. The van der Waals surface area contributed by atoms with Crippen LogP contribution >= 0.6 is 11.6 Å². The molecule has 1 saturated heterocycles. The van der Waals surface area contributed by atoms with Crippen molar-refractivity contribution in [2.75, 3.05) is 18.8 Å². The van der Waals surface area contributed by atoms with Gasteiger partial charge in [0.15, 0.2) is 0 Å². The van der Waals surface area contributed by atoms with Crippen LogP contribution in [0.1, 0.15) is 37.7 Å². The highest BCUT2D eigenvalue weighted by Gasteiger charge is 2.42. The molecule has 3 rings (SSSR count). The lowest BCUT2D eigenvalue weighted by Gasteiger charge is -2.47. The van der Waals surface area contributed by atoms with Gasteiger partial charge in [0.25, 0.3) is 0 Å². The number of aliphatic hydroxyl groups is 1. The van der Waals surface area contributed by atoms with E-state index >= 15 is 0 Å². The molecule has 1 aliphatic heterocycles. The smallest absolute Gasteiger partial charge is 0.0700 e. The Morgan fingerprint density at radius 1 is 1.35 bits per heavy atom. The van der Waals surface area contributed by atoms with Crippen LogP contribution in [0.3, 0.4) is 0 Å². The van der Waals surface area contributed by atoms with Gasteiger partial charge in [-0.3, -0.25) is 4.90 Å². The van der Waals surface area contributed by atoms with Crippen LogP contribution in [0.15, 0.2) is 18.2 Å². The summed E-state index contributed by atoms with van der Waals surface area (Å²) in [6.07, 6.45) is 5.49. The fourth-order valence-electron chi connectivity index (χ4n) is 3.73. The Bertz CT molecular complexity index is 493. The highest BCUT2D eigenvalue weighted by Crippen LogP contribution is 2.40. The predicted octanol–water partition coefficient (Wildman–Crippen LogP) is 3.05. The van der Waals surface area contributed by atoms with Crippen molar-refractivity contribution in [3.05, 3.63) is 28.8 Å². The normalized spacial score (nSPS) is 31.0. The van der Waals surface area contributed by atoms with E-state index in [9.17, 15) is 5.11 Å². The number of rotatable bonds is 2. The fourth-order valence-corrected chi connectivity index (χ4v) is 3.85. The Balaban J connectivity index is 1.66. The van der Waals surface area contributed by atoms with E-state index in [-0.39, 0.29) is 0 Å². The zero-order chi connectivity index (χ0) is 14.2. The number of piperidine rings is 1. The minimum absolute atomic E-state index is 0.395. The van der Waals surface area contributed by atoms with E-state index in [4.69, 9.17) is 17.3 Å². The molecule has 1 aliphatic carbocycles. The third kappa shape index (κ3) is 2.80. The molecule has 0 aromatic heterocycles. The Morgan fingerprint density at radius 2 is 2.20 bits per heavy atom. The summed E-state index contributed by atoms with van der Waals surface area (Å²) in [5, 5.41) is 11.3. The second-order valence-corrected chi connectivity index (χ2v) is 6.79. The van der Waals surface area contributed by atoms with Gasteiger partial charge >= 0.3 is 0 Å². The van der Waals surface area contributed by atoms with Crippen LogP contribution in [0.4, 0.5) is 5.69 Å². The van der Waals surface area contributed by atoms with Crippen molar-refractivity contribution < 1.29 is 5.11 Å². The second kappa shape index (κ2) is 5.55. The summed E-state index contributed by atoms with van der Waals surface area (Å²) in [6, 6.07) is 5.87. The average Bonchev–Trinajstić information content (AvgIpc) is 2.43. The molecule has 0 amide bonds. The van der Waals surface area contributed by atoms with Gasteiger partial charge in [0.05, 0.1) is 16.3 Å². The van der Waals surface area contributed by atoms with Crippen molar-refractivity contribution in [3.63, 3.8) is 0 Å². The van der Waals surface area contributed by atoms with Gasteiger partial charge in [-0.05, 0) is 37.0 Å². The van der Waals surface area contributed by atoms with E-state index in [0.29, 0.717) is 16.6 Å². The van der Waals surface area contributed by atoms with Crippen LogP contribution in [-0.4, -0.2) is 28.7 Å². The van der Waals surface area contributed by atoms with Crippen LogP contribution in [0.2, 0.25) is 5.02 Å². The first-order valence-corrected chi connectivity index (χ1v) is 7.93. The molecule has 0 spiro atoms. The Kier molecular flexibility index (Phi) is 3.93. The molecule has 1 aromatic rings. The Labute approximate surface area is 125 Å². The number of anilines is 1. The van der Waals surface area contributed by atoms with Gasteiger partial charge in [0, 0.05) is 25.6 Å². The maximum Gasteiger partial charge on any atom is 0.0700 e. The summed E-state index contributed by atoms with van der Waals surface area (Å²) in [7, 11) is 0. The number of nitrogens with zero attached hydrogens (tertiary/aromatic N) is 1. The highest BCUT2D eigenvalue weighted by molar-refractivity contribution is 6.33. The molecule has 2 atom stereocenters. The Hall–Kier alpha value is -0.770. The molecular weight excluding hydrogens is 272 g/mol. The van der Waals surface area contributed by atoms with E-state index in [2.05, 4.69) is 4.90 Å². The molecule has 110 valence electrons. The van der Waals surface area contributed by atoms with Crippen LogP contribution in [0, 0.1) is 5.92 Å². The SMILES string of the molecule is Nc1cc(CN2CCC3(O)CCCCC3C2)ccc1Cl. The number of nitrogen functional groups attached to an aromatic ring is 1. The van der Waals surface area contributed by atoms with Crippen LogP contribution < -0.4 is 5.73 Å². The topological polar surface area (TPSA) is 49.5 Å². The second-order valence-electron chi connectivity index (χ2n) is 6.39. The summed E-state index contributed by atoms with van der Waals surface area (Å²) in [5.41, 5.74) is 7.32. The van der Waals surface area contributed by atoms with Crippen LogP contribution in [-0.2, 0) is 6.54 Å². The number of fused-ring (bicyclic) bond motifs is 1. The third-order valence-electron chi connectivity index (χ3n) is 4.98. The van der Waals surface area contributed by atoms with E-state index < -0.39 is 5.60 Å². The van der Waals surface area contributed by atoms with Crippen molar-refractivity contribution in [1.82, 2.24) is 4.90 Å². The number of nitrogens with two attached hydrogens (primary N) is 1. The van der Waals surface area contributed by atoms with Crippen molar-refractivity contribution in [1.29, 1.82) is 0 Å². The molecule has 1 aromatic carbocycles. The van der Waals surface area contributed by atoms with Crippen LogP contribution in [0.5, 0.6) is 0 Å². The first kappa shape index (κ1) is 14.2. The van der Waals surface area contributed by atoms with Gasteiger partial charge in [0.1, 0.15) is 0 Å². The van der Waals surface area contributed by atoms with Gasteiger partial charge in [-0.2, -0.15) is 0 Å². The van der Waals surface area contributed by atoms with E-state index in [1.807, 2.05) is 18.2 Å². The number of halogens is 1. The monoisotopic (exact) mass is 294 g/mol. The molecule has 20 heavy (non-hydrogen) atoms. The summed E-state index contributed by atoms with van der Waals surface area (Å²) in [4.78, 5) is 2.44. The molecule has 3 nitrogen and oxygen atoms in total. The first-order chi connectivity index (χ1) is 9.57. The van der Waals surface area contributed by atoms with E-state index in [1.54, 1.807) is 0 Å². The van der Waals surface area contributed by atoms with Gasteiger partial charge in [-0.1, -0.05) is 30.5 Å². The van der Waals surface area contributed by atoms with Gasteiger partial charge < -0.3 is 10.8 Å². The maximum atomic E-state index is 10.7. The highest BCUT2D eigenvalue weighted by atomic mass is 35.5. The zero-order valence-electron chi connectivity index (χ0n) is 11.8. The third-order valence-corrected chi connectivity index (χ3v) is 5.32. The Morgan fingerprint density at radius 3 is 3.00 bits per heavy atom. The minimum atomic E-state index is -0.395. The van der Waals surface area contributed by atoms with Crippen molar-refractivity contribution in [3.8, 4) is 0 Å². The molecule has 2 unspecified atom stereocenters.